The highest BCUT2D eigenvalue weighted by atomic mass is 79.9. The minimum absolute atomic E-state index is 0.271. The molecule has 0 spiro atoms. The molecule has 0 atom stereocenters. The molecule has 3 nitrogen and oxygen atoms in total. The van der Waals surface area contributed by atoms with E-state index in [1.807, 2.05) is 42.5 Å². The molecule has 0 saturated heterocycles. The van der Waals surface area contributed by atoms with Gasteiger partial charge in [0.1, 0.15) is 11.6 Å². The van der Waals surface area contributed by atoms with Crippen LogP contribution in [-0.4, -0.2) is 12.1 Å². The number of thiocarbonyl (C=S) groups is 1. The van der Waals surface area contributed by atoms with E-state index >= 15 is 0 Å². The third-order valence-electron chi connectivity index (χ3n) is 2.73. The second kappa shape index (κ2) is 6.72. The molecule has 0 unspecified atom stereocenters. The van der Waals surface area contributed by atoms with E-state index in [4.69, 9.17) is 27.4 Å². The highest BCUT2D eigenvalue weighted by molar-refractivity contribution is 9.10. The van der Waals surface area contributed by atoms with Crippen molar-refractivity contribution in [2.45, 2.75) is 6.61 Å². The number of methoxy groups -OCH3 is 1. The van der Waals surface area contributed by atoms with E-state index in [0.717, 1.165) is 10.0 Å². The van der Waals surface area contributed by atoms with Gasteiger partial charge in [0.25, 0.3) is 0 Å². The van der Waals surface area contributed by atoms with Crippen LogP contribution in [0.3, 0.4) is 0 Å². The highest BCUT2D eigenvalue weighted by Gasteiger charge is 2.14. The van der Waals surface area contributed by atoms with E-state index in [1.54, 1.807) is 7.11 Å². The molecule has 2 N–H and O–H groups in total. The molecule has 0 aliphatic carbocycles. The van der Waals surface area contributed by atoms with Gasteiger partial charge in [-0.3, -0.25) is 0 Å². The normalized spacial score (nSPS) is 10.1. The van der Waals surface area contributed by atoms with E-state index < -0.39 is 0 Å². The Morgan fingerprint density at radius 1 is 1.25 bits per heavy atom. The zero-order valence-corrected chi connectivity index (χ0v) is 13.3. The third kappa shape index (κ3) is 3.49. The quantitative estimate of drug-likeness (QED) is 0.834. The lowest BCUT2D eigenvalue weighted by Gasteiger charge is -2.15. The average molecular weight is 352 g/mol. The Hall–Kier alpha value is -1.59. The van der Waals surface area contributed by atoms with Crippen molar-refractivity contribution >= 4 is 33.1 Å². The van der Waals surface area contributed by atoms with Crippen LogP contribution in [0.5, 0.6) is 11.5 Å². The fourth-order valence-corrected chi connectivity index (χ4v) is 2.37. The van der Waals surface area contributed by atoms with E-state index in [-0.39, 0.29) is 4.99 Å². The predicted octanol–water partition coefficient (Wildman–Crippen LogP) is 3.67. The molecule has 0 fully saturated rings. The first-order chi connectivity index (χ1) is 9.61. The summed E-state index contributed by atoms with van der Waals surface area (Å²) in [6.45, 7) is 0.425. The van der Waals surface area contributed by atoms with Crippen molar-refractivity contribution in [3.05, 3.63) is 58.1 Å². The van der Waals surface area contributed by atoms with Crippen LogP contribution >= 0.6 is 28.1 Å². The number of rotatable bonds is 5. The number of hydrogen-bond acceptors (Lipinski definition) is 3. The van der Waals surface area contributed by atoms with Gasteiger partial charge in [-0.1, -0.05) is 58.5 Å². The van der Waals surface area contributed by atoms with Gasteiger partial charge in [0.05, 0.1) is 12.7 Å². The summed E-state index contributed by atoms with van der Waals surface area (Å²) in [5.41, 5.74) is 7.47. The summed E-state index contributed by atoms with van der Waals surface area (Å²) in [6.07, 6.45) is 0. The molecule has 0 radical (unpaired) electrons. The van der Waals surface area contributed by atoms with Crippen LogP contribution in [0.25, 0.3) is 0 Å². The van der Waals surface area contributed by atoms with Crippen LogP contribution < -0.4 is 15.2 Å². The number of halogens is 1. The monoisotopic (exact) mass is 351 g/mol. The minimum atomic E-state index is 0.271. The van der Waals surface area contributed by atoms with Crippen LogP contribution in [0.4, 0.5) is 0 Å². The summed E-state index contributed by atoms with van der Waals surface area (Å²) in [7, 11) is 1.58. The molecule has 0 saturated carbocycles. The summed E-state index contributed by atoms with van der Waals surface area (Å²) < 4.78 is 12.0. The van der Waals surface area contributed by atoms with Crippen LogP contribution in [-0.2, 0) is 6.61 Å². The molecule has 0 amide bonds. The molecule has 2 rings (SSSR count). The molecule has 0 aromatic heterocycles. The molecule has 0 heterocycles. The molecular formula is C15H14BrNO2S. The van der Waals surface area contributed by atoms with E-state index in [1.165, 1.54) is 0 Å². The lowest BCUT2D eigenvalue weighted by atomic mass is 10.2. The zero-order valence-electron chi connectivity index (χ0n) is 10.9. The molecule has 2 aromatic rings. The molecule has 0 bridgehead atoms. The molecule has 5 heteroatoms. The molecule has 20 heavy (non-hydrogen) atoms. The maximum absolute atomic E-state index is 5.85. The third-order valence-corrected chi connectivity index (χ3v) is 3.41. The summed E-state index contributed by atoms with van der Waals surface area (Å²) in [4.78, 5) is 0.271. The maximum atomic E-state index is 5.85. The van der Waals surface area contributed by atoms with E-state index in [9.17, 15) is 0 Å². The van der Waals surface area contributed by atoms with Crippen LogP contribution in [0.15, 0.2) is 46.9 Å². The van der Waals surface area contributed by atoms with E-state index in [0.29, 0.717) is 23.7 Å². The van der Waals surface area contributed by atoms with Crippen molar-refractivity contribution in [2.75, 3.05) is 7.11 Å². The van der Waals surface area contributed by atoms with Crippen molar-refractivity contribution in [3.8, 4) is 11.5 Å². The van der Waals surface area contributed by atoms with Crippen molar-refractivity contribution in [1.29, 1.82) is 0 Å². The van der Waals surface area contributed by atoms with Gasteiger partial charge in [-0.25, -0.2) is 0 Å². The Morgan fingerprint density at radius 3 is 2.55 bits per heavy atom. The van der Waals surface area contributed by atoms with Crippen molar-refractivity contribution in [3.63, 3.8) is 0 Å². The first kappa shape index (κ1) is 14.8. The summed E-state index contributed by atoms with van der Waals surface area (Å²) in [5.74, 6) is 1.16. The van der Waals surface area contributed by atoms with Gasteiger partial charge in [0.15, 0.2) is 11.5 Å². The second-order valence-corrected chi connectivity index (χ2v) is 5.48. The van der Waals surface area contributed by atoms with Crippen molar-refractivity contribution in [1.82, 2.24) is 0 Å². The predicted molar refractivity (Wildman–Crippen MR) is 87.4 cm³/mol. The van der Waals surface area contributed by atoms with Crippen LogP contribution in [0.2, 0.25) is 0 Å². The molecule has 0 aliphatic heterocycles. The smallest absolute Gasteiger partial charge is 0.171 e. The zero-order chi connectivity index (χ0) is 14.5. The van der Waals surface area contributed by atoms with Gasteiger partial charge in [-0.05, 0) is 17.7 Å². The number of ether oxygens (including phenoxy) is 2. The number of nitrogens with two attached hydrogens (primary N) is 1. The summed E-state index contributed by atoms with van der Waals surface area (Å²) in [5, 5.41) is 0. The lowest BCUT2D eigenvalue weighted by Crippen LogP contribution is -2.12. The largest absolute Gasteiger partial charge is 0.493 e. The first-order valence-electron chi connectivity index (χ1n) is 5.96. The minimum Gasteiger partial charge on any atom is -0.493 e. The van der Waals surface area contributed by atoms with Gasteiger partial charge in [0.2, 0.25) is 0 Å². The fraction of sp³-hybridized carbons (Fsp3) is 0.133. The van der Waals surface area contributed by atoms with Gasteiger partial charge in [0, 0.05) is 4.47 Å². The highest BCUT2D eigenvalue weighted by Crippen LogP contribution is 2.35. The SMILES string of the molecule is COc1cc(Br)cc(C(N)=S)c1OCc1ccccc1. The van der Waals surface area contributed by atoms with Crippen LogP contribution in [0.1, 0.15) is 11.1 Å². The maximum Gasteiger partial charge on any atom is 0.171 e. The fourth-order valence-electron chi connectivity index (χ4n) is 1.78. The number of hydrogen-bond donors (Lipinski definition) is 1. The van der Waals surface area contributed by atoms with Crippen molar-refractivity contribution < 1.29 is 9.47 Å². The Balaban J connectivity index is 2.32. The van der Waals surface area contributed by atoms with Crippen molar-refractivity contribution in [2.24, 2.45) is 5.73 Å². The Morgan fingerprint density at radius 2 is 1.95 bits per heavy atom. The van der Waals surface area contributed by atoms with Gasteiger partial charge >= 0.3 is 0 Å². The van der Waals surface area contributed by atoms with Gasteiger partial charge in [-0.15, -0.1) is 0 Å². The molecular weight excluding hydrogens is 338 g/mol. The summed E-state index contributed by atoms with van der Waals surface area (Å²) >= 11 is 8.47. The Labute approximate surface area is 131 Å². The van der Waals surface area contributed by atoms with E-state index in [2.05, 4.69) is 15.9 Å². The average Bonchev–Trinajstić information content (AvgIpc) is 2.46. The second-order valence-electron chi connectivity index (χ2n) is 4.12. The standard InChI is InChI=1S/C15H14BrNO2S/c1-18-13-8-11(16)7-12(15(17)20)14(13)19-9-10-5-3-2-4-6-10/h2-8H,9H2,1H3,(H2,17,20). The first-order valence-corrected chi connectivity index (χ1v) is 7.16. The van der Waals surface area contributed by atoms with Gasteiger partial charge in [-0.2, -0.15) is 0 Å². The Kier molecular flexibility index (Phi) is 4.98. The van der Waals surface area contributed by atoms with Gasteiger partial charge < -0.3 is 15.2 Å². The summed E-state index contributed by atoms with van der Waals surface area (Å²) in [6, 6.07) is 13.5. The topological polar surface area (TPSA) is 44.5 Å². The lowest BCUT2D eigenvalue weighted by molar-refractivity contribution is 0.284. The van der Waals surface area contributed by atoms with Crippen LogP contribution in [0, 0.1) is 0 Å². The molecule has 104 valence electrons. The molecule has 0 aliphatic rings. The Bertz CT molecular complexity index is 617. The number of benzene rings is 2. The molecule has 2 aromatic carbocycles.